The van der Waals surface area contributed by atoms with Crippen molar-refractivity contribution in [3.8, 4) is 0 Å². The van der Waals surface area contributed by atoms with Crippen LogP contribution in [-0.2, 0) is 0 Å². The average Bonchev–Trinajstić information content (AvgIpc) is 3.10. The molecule has 1 aromatic heterocycles. The number of nitrogens with zero attached hydrogens (tertiary/aromatic N) is 3. The van der Waals surface area contributed by atoms with Gasteiger partial charge in [0.25, 0.3) is 0 Å². The summed E-state index contributed by atoms with van der Waals surface area (Å²) in [7, 11) is 1.78. The molecule has 26 heavy (non-hydrogen) atoms. The number of piperazine rings is 1. The van der Waals surface area contributed by atoms with Gasteiger partial charge in [-0.3, -0.25) is 4.99 Å². The normalized spacial score (nSPS) is 16.2. The topological polar surface area (TPSA) is 51.1 Å². The zero-order valence-electron chi connectivity index (χ0n) is 14.6. The average molecular weight is 507 g/mol. The van der Waals surface area contributed by atoms with E-state index in [1.807, 2.05) is 18.2 Å². The number of thiophene rings is 1. The van der Waals surface area contributed by atoms with Gasteiger partial charge in [-0.1, -0.05) is 29.8 Å². The fourth-order valence-electron chi connectivity index (χ4n) is 2.94. The molecule has 0 amide bonds. The molecule has 3 rings (SSSR count). The van der Waals surface area contributed by atoms with E-state index < -0.39 is 6.10 Å². The molecule has 1 aliphatic heterocycles. The summed E-state index contributed by atoms with van der Waals surface area (Å²) in [4.78, 5) is 9.83. The largest absolute Gasteiger partial charge is 0.386 e. The number of anilines is 1. The Hall–Kier alpha value is -1.03. The van der Waals surface area contributed by atoms with E-state index in [9.17, 15) is 5.11 Å². The Balaban J connectivity index is 0.00000243. The molecule has 1 aromatic carbocycles. The molecule has 1 atom stereocenters. The fraction of sp³-hybridized carbons (Fsp3) is 0.389. The van der Waals surface area contributed by atoms with E-state index in [4.69, 9.17) is 11.6 Å². The molecule has 5 nitrogen and oxygen atoms in total. The molecule has 0 bridgehead atoms. The van der Waals surface area contributed by atoms with Crippen molar-refractivity contribution in [3.63, 3.8) is 0 Å². The van der Waals surface area contributed by atoms with Crippen LogP contribution >= 0.6 is 46.9 Å². The Morgan fingerprint density at radius 1 is 1.19 bits per heavy atom. The Morgan fingerprint density at radius 2 is 1.88 bits per heavy atom. The highest BCUT2D eigenvalue weighted by Gasteiger charge is 2.20. The van der Waals surface area contributed by atoms with Crippen molar-refractivity contribution in [3.05, 3.63) is 51.7 Å². The first kappa shape index (κ1) is 21.3. The monoisotopic (exact) mass is 506 g/mol. The minimum atomic E-state index is -0.583. The van der Waals surface area contributed by atoms with Crippen molar-refractivity contribution in [2.24, 2.45) is 4.99 Å². The summed E-state index contributed by atoms with van der Waals surface area (Å²) in [5.74, 6) is 0.828. The van der Waals surface area contributed by atoms with Gasteiger partial charge in [0.1, 0.15) is 6.10 Å². The summed E-state index contributed by atoms with van der Waals surface area (Å²) in [6.45, 7) is 4.12. The van der Waals surface area contributed by atoms with Crippen LogP contribution in [0.1, 0.15) is 11.0 Å². The van der Waals surface area contributed by atoms with Gasteiger partial charge in [-0.2, -0.15) is 0 Å². The van der Waals surface area contributed by atoms with Crippen LogP contribution in [0.25, 0.3) is 0 Å². The number of rotatable bonds is 4. The standard InChI is InChI=1S/C18H23ClN4OS.HI/c1-20-18(21-13-15(24)16-7-8-17(19)25-16)23-11-9-22(10-12-23)14-5-3-2-4-6-14;/h2-8,15,24H,9-13H2,1H3,(H,20,21);1H. The van der Waals surface area contributed by atoms with E-state index in [2.05, 4.69) is 44.4 Å². The first-order valence-corrected chi connectivity index (χ1v) is 9.55. The van der Waals surface area contributed by atoms with Crippen molar-refractivity contribution in [2.75, 3.05) is 44.7 Å². The lowest BCUT2D eigenvalue weighted by Gasteiger charge is -2.37. The van der Waals surface area contributed by atoms with Gasteiger partial charge >= 0.3 is 0 Å². The summed E-state index contributed by atoms with van der Waals surface area (Å²) in [5, 5.41) is 13.5. The van der Waals surface area contributed by atoms with Crippen LogP contribution in [0, 0.1) is 0 Å². The van der Waals surface area contributed by atoms with Gasteiger partial charge in [0.15, 0.2) is 5.96 Å². The molecule has 1 aliphatic rings. The van der Waals surface area contributed by atoms with Gasteiger partial charge in [0.2, 0.25) is 0 Å². The highest BCUT2D eigenvalue weighted by atomic mass is 127. The van der Waals surface area contributed by atoms with E-state index in [1.54, 1.807) is 7.05 Å². The van der Waals surface area contributed by atoms with Gasteiger partial charge < -0.3 is 20.2 Å². The van der Waals surface area contributed by atoms with Gasteiger partial charge in [-0.15, -0.1) is 35.3 Å². The lowest BCUT2D eigenvalue weighted by molar-refractivity contribution is 0.183. The van der Waals surface area contributed by atoms with Crippen LogP contribution in [0.5, 0.6) is 0 Å². The second-order valence-corrected chi connectivity index (χ2v) is 7.64. The van der Waals surface area contributed by atoms with Crippen molar-refractivity contribution < 1.29 is 5.11 Å². The second-order valence-electron chi connectivity index (χ2n) is 5.90. The summed E-state index contributed by atoms with van der Waals surface area (Å²) < 4.78 is 0.690. The predicted octanol–water partition coefficient (Wildman–Crippen LogP) is 3.45. The number of guanidine groups is 1. The maximum Gasteiger partial charge on any atom is 0.193 e. The Labute approximate surface area is 180 Å². The lowest BCUT2D eigenvalue weighted by Crippen LogP contribution is -2.53. The molecule has 2 N–H and O–H groups in total. The van der Waals surface area contributed by atoms with E-state index in [0.29, 0.717) is 10.9 Å². The van der Waals surface area contributed by atoms with Crippen molar-refractivity contribution in [1.29, 1.82) is 0 Å². The smallest absolute Gasteiger partial charge is 0.193 e. The van der Waals surface area contributed by atoms with Gasteiger partial charge in [-0.05, 0) is 24.3 Å². The minimum Gasteiger partial charge on any atom is -0.386 e. The number of halogens is 2. The summed E-state index contributed by atoms with van der Waals surface area (Å²) in [6.07, 6.45) is -0.583. The molecule has 0 aliphatic carbocycles. The van der Waals surface area contributed by atoms with Crippen LogP contribution in [-0.4, -0.2) is 55.7 Å². The first-order valence-electron chi connectivity index (χ1n) is 8.36. The van der Waals surface area contributed by atoms with Gasteiger partial charge in [-0.25, -0.2) is 0 Å². The molecule has 2 heterocycles. The summed E-state index contributed by atoms with van der Waals surface area (Å²) in [6, 6.07) is 14.1. The van der Waals surface area contributed by atoms with Crippen LogP contribution in [0.2, 0.25) is 4.34 Å². The van der Waals surface area contributed by atoms with Crippen LogP contribution in [0.15, 0.2) is 47.5 Å². The number of para-hydroxylation sites is 1. The zero-order chi connectivity index (χ0) is 17.6. The van der Waals surface area contributed by atoms with Crippen LogP contribution in [0.4, 0.5) is 5.69 Å². The molecule has 0 radical (unpaired) electrons. The summed E-state index contributed by atoms with van der Waals surface area (Å²) >= 11 is 7.33. The first-order chi connectivity index (χ1) is 12.2. The molecular weight excluding hydrogens is 483 g/mol. The highest BCUT2D eigenvalue weighted by molar-refractivity contribution is 14.0. The molecule has 8 heteroatoms. The van der Waals surface area contributed by atoms with Crippen molar-refractivity contribution in [2.45, 2.75) is 6.10 Å². The third-order valence-corrected chi connectivity index (χ3v) is 5.62. The number of nitrogens with one attached hydrogen (secondary N) is 1. The zero-order valence-corrected chi connectivity index (χ0v) is 18.5. The number of aliphatic imine (C=N–C) groups is 1. The lowest BCUT2D eigenvalue weighted by atomic mass is 10.2. The number of benzene rings is 1. The minimum absolute atomic E-state index is 0. The molecule has 1 unspecified atom stereocenters. The quantitative estimate of drug-likeness (QED) is 0.379. The van der Waals surface area contributed by atoms with Crippen molar-refractivity contribution >= 4 is 58.6 Å². The summed E-state index contributed by atoms with van der Waals surface area (Å²) in [5.41, 5.74) is 1.26. The highest BCUT2D eigenvalue weighted by Crippen LogP contribution is 2.26. The number of hydrogen-bond donors (Lipinski definition) is 2. The second kappa shape index (κ2) is 10.3. The number of hydrogen-bond acceptors (Lipinski definition) is 4. The van der Waals surface area contributed by atoms with Crippen LogP contribution < -0.4 is 10.2 Å². The maximum absolute atomic E-state index is 10.3. The van der Waals surface area contributed by atoms with Gasteiger partial charge in [0.05, 0.1) is 4.34 Å². The molecule has 0 saturated carbocycles. The predicted molar refractivity (Wildman–Crippen MR) is 121 cm³/mol. The Morgan fingerprint density at radius 3 is 2.46 bits per heavy atom. The van der Waals surface area contributed by atoms with Gasteiger partial charge in [0, 0.05) is 50.3 Å². The molecule has 2 aromatic rings. The van der Waals surface area contributed by atoms with E-state index in [-0.39, 0.29) is 24.0 Å². The third-order valence-electron chi connectivity index (χ3n) is 4.29. The number of aliphatic hydroxyl groups is 1. The van der Waals surface area contributed by atoms with E-state index in [0.717, 1.165) is 37.0 Å². The van der Waals surface area contributed by atoms with Crippen LogP contribution in [0.3, 0.4) is 0 Å². The van der Waals surface area contributed by atoms with E-state index in [1.165, 1.54) is 17.0 Å². The third kappa shape index (κ3) is 5.48. The Kier molecular flexibility index (Phi) is 8.46. The molecule has 1 saturated heterocycles. The molecular formula is C18H24ClIN4OS. The van der Waals surface area contributed by atoms with E-state index >= 15 is 0 Å². The molecule has 0 spiro atoms. The molecule has 142 valence electrons. The van der Waals surface area contributed by atoms with Crippen molar-refractivity contribution in [1.82, 2.24) is 10.2 Å². The SMILES string of the molecule is CN=C(NCC(O)c1ccc(Cl)s1)N1CCN(c2ccccc2)CC1.I. The molecule has 1 fully saturated rings. The number of aliphatic hydroxyl groups excluding tert-OH is 1. The Bertz CT molecular complexity index is 704. The fourth-order valence-corrected chi connectivity index (χ4v) is 3.99. The maximum atomic E-state index is 10.3.